The van der Waals surface area contributed by atoms with Crippen LogP contribution in [0.1, 0.15) is 37.0 Å². The molecule has 1 rings (SSSR count). The summed E-state index contributed by atoms with van der Waals surface area (Å²) < 4.78 is 5.51. The smallest absolute Gasteiger partial charge is 0.122 e. The molecule has 0 saturated heterocycles. The Hall–Kier alpha value is -1.02. The Morgan fingerprint density at radius 2 is 2.00 bits per heavy atom. The van der Waals surface area contributed by atoms with E-state index >= 15 is 0 Å². The molecule has 0 spiro atoms. The highest BCUT2D eigenvalue weighted by Crippen LogP contribution is 2.26. The lowest BCUT2D eigenvalue weighted by Crippen LogP contribution is -2.23. The van der Waals surface area contributed by atoms with Crippen LogP contribution in [0.4, 0.5) is 0 Å². The van der Waals surface area contributed by atoms with Gasteiger partial charge >= 0.3 is 0 Å². The minimum absolute atomic E-state index is 0.631. The van der Waals surface area contributed by atoms with Gasteiger partial charge < -0.3 is 10.1 Å². The normalized spacial score (nSPS) is 12.5. The molecule has 0 fully saturated rings. The van der Waals surface area contributed by atoms with Crippen molar-refractivity contribution < 1.29 is 4.74 Å². The summed E-state index contributed by atoms with van der Waals surface area (Å²) in [5.74, 6) is 1.67. The number of aryl methyl sites for hydroxylation is 2. The second kappa shape index (κ2) is 7.42. The van der Waals surface area contributed by atoms with Gasteiger partial charge in [0.2, 0.25) is 0 Å². The van der Waals surface area contributed by atoms with Gasteiger partial charge in [-0.15, -0.1) is 0 Å². The van der Waals surface area contributed by atoms with E-state index < -0.39 is 0 Å². The number of nitrogens with one attached hydrogen (secondary N) is 1. The van der Waals surface area contributed by atoms with E-state index in [0.29, 0.717) is 5.92 Å². The summed E-state index contributed by atoms with van der Waals surface area (Å²) in [6.07, 6.45) is 2.27. The Bertz CT molecular complexity index is 374. The molecule has 2 heteroatoms. The first-order valence-corrected chi connectivity index (χ1v) is 6.93. The van der Waals surface area contributed by atoms with Crippen LogP contribution >= 0.6 is 0 Å². The third-order valence-corrected chi connectivity index (χ3v) is 3.27. The fraction of sp³-hybridized carbons (Fsp3) is 0.625. The minimum Gasteiger partial charge on any atom is -0.496 e. The first-order chi connectivity index (χ1) is 8.58. The van der Waals surface area contributed by atoms with Crippen LogP contribution in [0.25, 0.3) is 0 Å². The third-order valence-electron chi connectivity index (χ3n) is 3.27. The average molecular weight is 249 g/mol. The van der Waals surface area contributed by atoms with Crippen molar-refractivity contribution in [3.63, 3.8) is 0 Å². The lowest BCUT2D eigenvalue weighted by atomic mass is 9.95. The summed E-state index contributed by atoms with van der Waals surface area (Å²) >= 11 is 0. The number of benzene rings is 1. The molecule has 0 saturated carbocycles. The van der Waals surface area contributed by atoms with Gasteiger partial charge in [0.15, 0.2) is 0 Å². The van der Waals surface area contributed by atoms with Crippen molar-refractivity contribution >= 4 is 0 Å². The topological polar surface area (TPSA) is 21.3 Å². The third kappa shape index (κ3) is 4.34. The quantitative estimate of drug-likeness (QED) is 0.747. The molecule has 0 bridgehead atoms. The van der Waals surface area contributed by atoms with E-state index in [2.05, 4.69) is 45.1 Å². The van der Waals surface area contributed by atoms with Gasteiger partial charge in [-0.25, -0.2) is 0 Å². The summed E-state index contributed by atoms with van der Waals surface area (Å²) in [5.41, 5.74) is 3.97. The van der Waals surface area contributed by atoms with Crippen LogP contribution in [-0.2, 0) is 6.42 Å². The average Bonchev–Trinajstić information content (AvgIpc) is 2.32. The Morgan fingerprint density at radius 1 is 1.28 bits per heavy atom. The van der Waals surface area contributed by atoms with Crippen LogP contribution < -0.4 is 10.1 Å². The second-order valence-corrected chi connectivity index (χ2v) is 5.28. The molecule has 0 aliphatic carbocycles. The molecule has 0 aliphatic heterocycles. The Balaban J connectivity index is 2.71. The maximum absolute atomic E-state index is 5.51. The molecule has 1 unspecified atom stereocenters. The molecule has 1 aromatic rings. The maximum atomic E-state index is 5.51. The first-order valence-electron chi connectivity index (χ1n) is 6.93. The molecule has 0 radical (unpaired) electrons. The van der Waals surface area contributed by atoms with E-state index in [0.717, 1.165) is 25.3 Å². The molecule has 0 heterocycles. The van der Waals surface area contributed by atoms with Crippen molar-refractivity contribution in [3.8, 4) is 5.75 Å². The molecule has 18 heavy (non-hydrogen) atoms. The molecule has 0 aliphatic rings. The molecule has 1 aromatic carbocycles. The largest absolute Gasteiger partial charge is 0.496 e. The summed E-state index contributed by atoms with van der Waals surface area (Å²) in [5, 5.41) is 3.48. The van der Waals surface area contributed by atoms with Gasteiger partial charge in [0.25, 0.3) is 0 Å². The van der Waals surface area contributed by atoms with Gasteiger partial charge in [0.1, 0.15) is 5.75 Å². The Labute approximate surface area is 112 Å². The molecule has 0 aromatic heterocycles. The number of rotatable bonds is 7. The maximum Gasteiger partial charge on any atom is 0.122 e. The highest BCUT2D eigenvalue weighted by molar-refractivity contribution is 5.43. The van der Waals surface area contributed by atoms with Crippen LogP contribution in [0.2, 0.25) is 0 Å². The molecule has 0 amide bonds. The van der Waals surface area contributed by atoms with E-state index in [1.807, 2.05) is 0 Å². The number of methoxy groups -OCH3 is 1. The van der Waals surface area contributed by atoms with E-state index in [4.69, 9.17) is 4.74 Å². The van der Waals surface area contributed by atoms with Crippen LogP contribution in [0, 0.1) is 19.8 Å². The Kier molecular flexibility index (Phi) is 6.20. The van der Waals surface area contributed by atoms with Gasteiger partial charge in [0, 0.05) is 0 Å². The molecule has 2 nitrogen and oxygen atoms in total. The number of ether oxygens (including phenoxy) is 1. The summed E-state index contributed by atoms with van der Waals surface area (Å²) in [7, 11) is 1.76. The highest BCUT2D eigenvalue weighted by atomic mass is 16.5. The molecule has 1 N–H and O–H groups in total. The van der Waals surface area contributed by atoms with Crippen molar-refractivity contribution in [2.45, 2.75) is 40.5 Å². The van der Waals surface area contributed by atoms with E-state index in [9.17, 15) is 0 Å². The van der Waals surface area contributed by atoms with Crippen LogP contribution in [-0.4, -0.2) is 20.2 Å². The lowest BCUT2D eigenvalue weighted by Gasteiger charge is -2.17. The molecular formula is C16H27NO. The van der Waals surface area contributed by atoms with Gasteiger partial charge in [-0.3, -0.25) is 0 Å². The van der Waals surface area contributed by atoms with Gasteiger partial charge in [0.05, 0.1) is 7.11 Å². The van der Waals surface area contributed by atoms with Crippen molar-refractivity contribution in [1.29, 1.82) is 0 Å². The van der Waals surface area contributed by atoms with E-state index in [1.54, 1.807) is 7.11 Å². The molecule has 1 atom stereocenters. The van der Waals surface area contributed by atoms with Crippen molar-refractivity contribution in [1.82, 2.24) is 5.32 Å². The zero-order chi connectivity index (χ0) is 13.5. The first kappa shape index (κ1) is 15.0. The van der Waals surface area contributed by atoms with Crippen molar-refractivity contribution in [3.05, 3.63) is 28.8 Å². The van der Waals surface area contributed by atoms with Crippen LogP contribution in [0.5, 0.6) is 5.75 Å². The highest BCUT2D eigenvalue weighted by Gasteiger charge is 2.11. The molecule has 102 valence electrons. The zero-order valence-electron chi connectivity index (χ0n) is 12.5. The molecular weight excluding hydrogens is 222 g/mol. The minimum atomic E-state index is 0.631. The fourth-order valence-corrected chi connectivity index (χ4v) is 2.35. The lowest BCUT2D eigenvalue weighted by molar-refractivity contribution is 0.403. The van der Waals surface area contributed by atoms with E-state index in [-0.39, 0.29) is 0 Å². The van der Waals surface area contributed by atoms with Crippen molar-refractivity contribution in [2.24, 2.45) is 5.92 Å². The predicted octanol–water partition coefficient (Wildman–Crippen LogP) is 3.49. The monoisotopic (exact) mass is 249 g/mol. The van der Waals surface area contributed by atoms with E-state index in [1.165, 1.54) is 23.1 Å². The fourth-order valence-electron chi connectivity index (χ4n) is 2.35. The second-order valence-electron chi connectivity index (χ2n) is 5.28. The predicted molar refractivity (Wildman–Crippen MR) is 78.5 cm³/mol. The SMILES string of the molecule is CCCNCC(C)Cc1c(C)cc(C)cc1OC. The summed E-state index contributed by atoms with van der Waals surface area (Å²) in [6.45, 7) is 11.0. The van der Waals surface area contributed by atoms with Crippen LogP contribution in [0.15, 0.2) is 12.1 Å². The van der Waals surface area contributed by atoms with Crippen LogP contribution in [0.3, 0.4) is 0 Å². The Morgan fingerprint density at radius 3 is 2.61 bits per heavy atom. The summed E-state index contributed by atoms with van der Waals surface area (Å²) in [4.78, 5) is 0. The van der Waals surface area contributed by atoms with Crippen molar-refractivity contribution in [2.75, 3.05) is 20.2 Å². The standard InChI is InChI=1S/C16H27NO/c1-6-7-17-11-13(3)9-15-14(4)8-12(2)10-16(15)18-5/h8,10,13,17H,6-7,9,11H2,1-5H3. The zero-order valence-corrected chi connectivity index (χ0v) is 12.5. The van der Waals surface area contributed by atoms with Gasteiger partial charge in [-0.2, -0.15) is 0 Å². The summed E-state index contributed by atoms with van der Waals surface area (Å²) in [6, 6.07) is 4.37. The van der Waals surface area contributed by atoms with Gasteiger partial charge in [-0.1, -0.05) is 19.9 Å². The number of hydrogen-bond acceptors (Lipinski definition) is 2. The van der Waals surface area contributed by atoms with Gasteiger partial charge in [-0.05, 0) is 68.5 Å². The number of hydrogen-bond donors (Lipinski definition) is 1.